The Balaban J connectivity index is 1.94. The zero-order valence-electron chi connectivity index (χ0n) is 10.5. The minimum Gasteiger partial charge on any atom is -0.492 e. The fourth-order valence-electron chi connectivity index (χ4n) is 1.75. The molecule has 0 amide bonds. The molecule has 0 unspecified atom stereocenters. The highest BCUT2D eigenvalue weighted by Gasteiger charge is 2.08. The summed E-state index contributed by atoms with van der Waals surface area (Å²) in [4.78, 5) is 0. The van der Waals surface area contributed by atoms with E-state index < -0.39 is 0 Å². The second kappa shape index (κ2) is 5.44. The molecule has 0 radical (unpaired) electrons. The summed E-state index contributed by atoms with van der Waals surface area (Å²) >= 11 is 3.51. The van der Waals surface area contributed by atoms with E-state index in [1.54, 1.807) is 0 Å². The number of anilines is 1. The van der Waals surface area contributed by atoms with Gasteiger partial charge in [0.25, 0.3) is 0 Å². The van der Waals surface area contributed by atoms with Crippen molar-refractivity contribution in [1.82, 2.24) is 9.78 Å². The summed E-state index contributed by atoms with van der Waals surface area (Å²) in [5.41, 5.74) is 8.51. The van der Waals surface area contributed by atoms with Crippen LogP contribution in [-0.2, 0) is 6.54 Å². The number of benzene rings is 1. The first-order valence-electron chi connectivity index (χ1n) is 5.76. The highest BCUT2D eigenvalue weighted by Crippen LogP contribution is 2.20. The van der Waals surface area contributed by atoms with Crippen molar-refractivity contribution in [3.63, 3.8) is 0 Å². The molecule has 96 valence electrons. The molecule has 0 spiro atoms. The number of hydrogen-bond donors (Lipinski definition) is 1. The monoisotopic (exact) mass is 309 g/mol. The van der Waals surface area contributed by atoms with Crippen LogP contribution in [-0.4, -0.2) is 16.4 Å². The maximum absolute atomic E-state index is 5.69. The Kier molecular flexibility index (Phi) is 3.91. The zero-order chi connectivity index (χ0) is 13.1. The molecule has 0 aliphatic heterocycles. The van der Waals surface area contributed by atoms with Crippen LogP contribution in [0.15, 0.2) is 28.7 Å². The molecule has 5 heteroatoms. The lowest BCUT2D eigenvalue weighted by molar-refractivity contribution is 0.289. The van der Waals surface area contributed by atoms with E-state index in [4.69, 9.17) is 10.5 Å². The normalized spacial score (nSPS) is 10.6. The van der Waals surface area contributed by atoms with Crippen molar-refractivity contribution in [2.24, 2.45) is 0 Å². The number of ether oxygens (including phenoxy) is 1. The fourth-order valence-corrected chi connectivity index (χ4v) is 2.03. The third kappa shape index (κ3) is 2.85. The lowest BCUT2D eigenvalue weighted by Gasteiger charge is -2.08. The summed E-state index contributed by atoms with van der Waals surface area (Å²) in [5, 5.41) is 4.42. The molecule has 0 saturated carbocycles. The van der Waals surface area contributed by atoms with Crippen LogP contribution in [0.1, 0.15) is 11.4 Å². The van der Waals surface area contributed by atoms with E-state index in [0.29, 0.717) is 18.8 Å². The van der Waals surface area contributed by atoms with Crippen molar-refractivity contribution >= 4 is 21.6 Å². The number of nitrogen functional groups attached to an aromatic ring is 1. The molecule has 1 aromatic heterocycles. The molecule has 1 aromatic carbocycles. The highest BCUT2D eigenvalue weighted by molar-refractivity contribution is 9.10. The first-order chi connectivity index (χ1) is 8.58. The van der Waals surface area contributed by atoms with E-state index in [-0.39, 0.29) is 0 Å². The minimum atomic E-state index is 0.567. The van der Waals surface area contributed by atoms with Crippen molar-refractivity contribution in [2.75, 3.05) is 12.3 Å². The lowest BCUT2D eigenvalue weighted by atomic mass is 10.3. The maximum Gasteiger partial charge on any atom is 0.121 e. The van der Waals surface area contributed by atoms with Gasteiger partial charge in [-0.3, -0.25) is 4.68 Å². The molecule has 2 aromatic rings. The quantitative estimate of drug-likeness (QED) is 0.884. The van der Waals surface area contributed by atoms with Gasteiger partial charge in [-0.2, -0.15) is 5.10 Å². The molecular formula is C13H16BrN3O. The number of rotatable bonds is 4. The second-order valence-electron chi connectivity index (χ2n) is 4.13. The van der Waals surface area contributed by atoms with Crippen LogP contribution in [0.4, 0.5) is 5.69 Å². The van der Waals surface area contributed by atoms with Crippen molar-refractivity contribution in [1.29, 1.82) is 0 Å². The van der Waals surface area contributed by atoms with E-state index >= 15 is 0 Å². The fraction of sp³-hybridized carbons (Fsp3) is 0.308. The predicted octanol–water partition coefficient (Wildman–Crippen LogP) is 2.92. The van der Waals surface area contributed by atoms with Gasteiger partial charge in [-0.05, 0) is 41.9 Å². The van der Waals surface area contributed by atoms with E-state index in [2.05, 4.69) is 21.0 Å². The summed E-state index contributed by atoms with van der Waals surface area (Å²) < 4.78 is 8.64. The van der Waals surface area contributed by atoms with Crippen LogP contribution in [0.3, 0.4) is 0 Å². The smallest absolute Gasteiger partial charge is 0.121 e. The first kappa shape index (κ1) is 13.0. The molecule has 2 N–H and O–H groups in total. The number of hydrogen-bond acceptors (Lipinski definition) is 3. The van der Waals surface area contributed by atoms with E-state index in [0.717, 1.165) is 21.6 Å². The Bertz CT molecular complexity index is 551. The van der Waals surface area contributed by atoms with E-state index in [1.165, 1.54) is 0 Å². The lowest BCUT2D eigenvalue weighted by Crippen LogP contribution is -2.11. The van der Waals surface area contributed by atoms with Crippen LogP contribution in [0.25, 0.3) is 0 Å². The topological polar surface area (TPSA) is 53.1 Å². The van der Waals surface area contributed by atoms with Gasteiger partial charge in [0.15, 0.2) is 0 Å². The molecule has 2 rings (SSSR count). The second-order valence-corrected chi connectivity index (χ2v) is 4.92. The van der Waals surface area contributed by atoms with Crippen molar-refractivity contribution in [3.05, 3.63) is 40.1 Å². The SMILES string of the molecule is Cc1nn(CCOc2cccc(N)c2)c(C)c1Br. The Morgan fingerprint density at radius 1 is 1.39 bits per heavy atom. The van der Waals surface area contributed by atoms with Gasteiger partial charge in [0, 0.05) is 17.4 Å². The Hall–Kier alpha value is -1.49. The van der Waals surface area contributed by atoms with Crippen molar-refractivity contribution in [2.45, 2.75) is 20.4 Å². The Morgan fingerprint density at radius 2 is 2.17 bits per heavy atom. The van der Waals surface area contributed by atoms with Gasteiger partial charge in [0.1, 0.15) is 12.4 Å². The Morgan fingerprint density at radius 3 is 2.78 bits per heavy atom. The van der Waals surface area contributed by atoms with Crippen LogP contribution in [0.5, 0.6) is 5.75 Å². The number of aromatic nitrogens is 2. The van der Waals surface area contributed by atoms with Gasteiger partial charge < -0.3 is 10.5 Å². The number of aryl methyl sites for hydroxylation is 1. The van der Waals surface area contributed by atoms with Crippen molar-refractivity contribution < 1.29 is 4.74 Å². The summed E-state index contributed by atoms with van der Waals surface area (Å²) in [6.45, 7) is 5.29. The first-order valence-corrected chi connectivity index (χ1v) is 6.55. The van der Waals surface area contributed by atoms with Crippen LogP contribution < -0.4 is 10.5 Å². The molecule has 0 fully saturated rings. The van der Waals surface area contributed by atoms with E-state index in [9.17, 15) is 0 Å². The van der Waals surface area contributed by atoms with Crippen LogP contribution >= 0.6 is 15.9 Å². The number of nitrogens with two attached hydrogens (primary N) is 1. The van der Waals surface area contributed by atoms with Gasteiger partial charge in [-0.15, -0.1) is 0 Å². The Labute approximate surface area is 115 Å². The van der Waals surface area contributed by atoms with Gasteiger partial charge in [-0.1, -0.05) is 6.07 Å². The highest BCUT2D eigenvalue weighted by atomic mass is 79.9. The van der Waals surface area contributed by atoms with Gasteiger partial charge >= 0.3 is 0 Å². The van der Waals surface area contributed by atoms with Gasteiger partial charge in [0.05, 0.1) is 16.7 Å². The largest absolute Gasteiger partial charge is 0.492 e. The molecular weight excluding hydrogens is 294 g/mol. The molecule has 0 atom stereocenters. The molecule has 4 nitrogen and oxygen atoms in total. The molecule has 18 heavy (non-hydrogen) atoms. The minimum absolute atomic E-state index is 0.567. The van der Waals surface area contributed by atoms with Gasteiger partial charge in [-0.25, -0.2) is 0 Å². The van der Waals surface area contributed by atoms with E-state index in [1.807, 2.05) is 42.8 Å². The molecule has 0 aliphatic carbocycles. The summed E-state index contributed by atoms with van der Waals surface area (Å²) in [6, 6.07) is 7.43. The molecule has 0 aliphatic rings. The maximum atomic E-state index is 5.69. The molecule has 0 bridgehead atoms. The average Bonchev–Trinajstić information content (AvgIpc) is 2.57. The third-order valence-corrected chi connectivity index (χ3v) is 3.87. The number of halogens is 1. The summed E-state index contributed by atoms with van der Waals surface area (Å²) in [5.74, 6) is 0.788. The summed E-state index contributed by atoms with van der Waals surface area (Å²) in [7, 11) is 0. The molecule has 0 saturated heterocycles. The summed E-state index contributed by atoms with van der Waals surface area (Å²) in [6.07, 6.45) is 0. The third-order valence-electron chi connectivity index (χ3n) is 2.72. The standard InChI is InChI=1S/C13H16BrN3O/c1-9-13(14)10(2)17(16-9)6-7-18-12-5-3-4-11(15)8-12/h3-5,8H,6-7,15H2,1-2H3. The van der Waals surface area contributed by atoms with Crippen LogP contribution in [0.2, 0.25) is 0 Å². The predicted molar refractivity (Wildman–Crippen MR) is 75.8 cm³/mol. The zero-order valence-corrected chi connectivity index (χ0v) is 12.1. The molecule has 1 heterocycles. The van der Waals surface area contributed by atoms with Gasteiger partial charge in [0.2, 0.25) is 0 Å². The number of nitrogens with zero attached hydrogens (tertiary/aromatic N) is 2. The average molecular weight is 310 g/mol. The van der Waals surface area contributed by atoms with Crippen LogP contribution in [0, 0.1) is 13.8 Å². The van der Waals surface area contributed by atoms with Crippen molar-refractivity contribution in [3.8, 4) is 5.75 Å².